The highest BCUT2D eigenvalue weighted by Gasteiger charge is 2.34. The van der Waals surface area contributed by atoms with Crippen molar-refractivity contribution < 1.29 is 0 Å². The standard InChI is InChI=1S/C33H44N6/c1-38(2)32-29-15-9-10-16-30(29)36-33(37-32)35-28-19-17-27(18-20-28)34-21-24-22-39(23-24)31(25-11-5-3-6-12-25)26-13-7-4-8-14-26/h3-8,11-14,24,27-28,31,34H,9-10,15-23H2,1-2H3,(H,35,36,37). The summed E-state index contributed by atoms with van der Waals surface area (Å²) in [6.45, 7) is 3.43. The predicted octanol–water partition coefficient (Wildman–Crippen LogP) is 5.46. The fourth-order valence-corrected chi connectivity index (χ4v) is 6.80. The number of aromatic nitrogens is 2. The van der Waals surface area contributed by atoms with Gasteiger partial charge in [0.25, 0.3) is 0 Å². The third-order valence-electron chi connectivity index (χ3n) is 8.92. The molecule has 1 aliphatic heterocycles. The monoisotopic (exact) mass is 524 g/mol. The van der Waals surface area contributed by atoms with Crippen molar-refractivity contribution in [1.29, 1.82) is 0 Å². The van der Waals surface area contributed by atoms with Crippen LogP contribution in [0.15, 0.2) is 60.7 Å². The molecule has 0 spiro atoms. The van der Waals surface area contributed by atoms with E-state index >= 15 is 0 Å². The Kier molecular flexibility index (Phi) is 8.12. The SMILES string of the molecule is CN(C)c1nc(NC2CCC(NCC3CN(C(c4ccccc4)c4ccccc4)C3)CC2)nc2c1CCCC2. The zero-order valence-corrected chi connectivity index (χ0v) is 23.6. The zero-order chi connectivity index (χ0) is 26.6. The van der Waals surface area contributed by atoms with Crippen LogP contribution in [0.25, 0.3) is 0 Å². The minimum Gasteiger partial charge on any atom is -0.362 e. The Morgan fingerprint density at radius 1 is 0.821 bits per heavy atom. The molecule has 2 N–H and O–H groups in total. The molecule has 0 amide bonds. The molecule has 6 heteroatoms. The molecular weight excluding hydrogens is 480 g/mol. The van der Waals surface area contributed by atoms with Gasteiger partial charge in [-0.15, -0.1) is 0 Å². The van der Waals surface area contributed by atoms with Crippen LogP contribution >= 0.6 is 0 Å². The fraction of sp³-hybridized carbons (Fsp3) is 0.515. The van der Waals surface area contributed by atoms with Gasteiger partial charge in [0.05, 0.1) is 11.7 Å². The summed E-state index contributed by atoms with van der Waals surface area (Å²) in [4.78, 5) is 14.7. The van der Waals surface area contributed by atoms with Crippen LogP contribution in [0.5, 0.6) is 0 Å². The van der Waals surface area contributed by atoms with Gasteiger partial charge in [0.1, 0.15) is 5.82 Å². The number of benzene rings is 2. The van der Waals surface area contributed by atoms with E-state index in [1.165, 1.54) is 60.9 Å². The third-order valence-corrected chi connectivity index (χ3v) is 8.92. The van der Waals surface area contributed by atoms with E-state index in [1.54, 1.807) is 0 Å². The van der Waals surface area contributed by atoms with E-state index in [0.29, 0.717) is 18.1 Å². The lowest BCUT2D eigenvalue weighted by atomic mass is 9.88. The van der Waals surface area contributed by atoms with Gasteiger partial charge in [-0.2, -0.15) is 4.98 Å². The molecule has 6 rings (SSSR count). The minimum atomic E-state index is 0.351. The van der Waals surface area contributed by atoms with Crippen LogP contribution in [-0.4, -0.2) is 60.7 Å². The highest BCUT2D eigenvalue weighted by molar-refractivity contribution is 5.53. The second kappa shape index (κ2) is 12.1. The molecule has 0 atom stereocenters. The summed E-state index contributed by atoms with van der Waals surface area (Å²) < 4.78 is 0. The van der Waals surface area contributed by atoms with Gasteiger partial charge in [-0.25, -0.2) is 4.98 Å². The van der Waals surface area contributed by atoms with E-state index in [2.05, 4.69) is 95.2 Å². The van der Waals surface area contributed by atoms with Crippen molar-refractivity contribution in [2.24, 2.45) is 5.92 Å². The van der Waals surface area contributed by atoms with Crippen molar-refractivity contribution >= 4 is 11.8 Å². The van der Waals surface area contributed by atoms with Gasteiger partial charge < -0.3 is 15.5 Å². The predicted molar refractivity (Wildman–Crippen MR) is 160 cm³/mol. The van der Waals surface area contributed by atoms with E-state index in [9.17, 15) is 0 Å². The molecule has 6 nitrogen and oxygen atoms in total. The van der Waals surface area contributed by atoms with Crippen LogP contribution in [0.2, 0.25) is 0 Å². The molecule has 206 valence electrons. The minimum absolute atomic E-state index is 0.351. The van der Waals surface area contributed by atoms with E-state index in [4.69, 9.17) is 9.97 Å². The number of nitrogens with zero attached hydrogens (tertiary/aromatic N) is 4. The van der Waals surface area contributed by atoms with Crippen molar-refractivity contribution in [2.75, 3.05) is 43.9 Å². The first-order valence-corrected chi connectivity index (χ1v) is 15.0. The van der Waals surface area contributed by atoms with Crippen molar-refractivity contribution in [3.05, 3.63) is 83.0 Å². The lowest BCUT2D eigenvalue weighted by Crippen LogP contribution is -2.53. The van der Waals surface area contributed by atoms with Crippen molar-refractivity contribution in [1.82, 2.24) is 20.2 Å². The number of likely N-dealkylation sites (tertiary alicyclic amines) is 1. The number of hydrogen-bond donors (Lipinski definition) is 2. The van der Waals surface area contributed by atoms with Crippen LogP contribution in [0.3, 0.4) is 0 Å². The highest BCUT2D eigenvalue weighted by atomic mass is 15.2. The number of aryl methyl sites for hydroxylation is 1. The summed E-state index contributed by atoms with van der Waals surface area (Å²) in [6.07, 6.45) is 9.47. The average Bonchev–Trinajstić information content (AvgIpc) is 2.95. The second-order valence-corrected chi connectivity index (χ2v) is 12.0. The molecule has 2 fully saturated rings. The fourth-order valence-electron chi connectivity index (χ4n) is 6.80. The number of fused-ring (bicyclic) bond motifs is 1. The smallest absolute Gasteiger partial charge is 0.225 e. The van der Waals surface area contributed by atoms with Gasteiger partial charge >= 0.3 is 0 Å². The molecule has 2 aromatic carbocycles. The topological polar surface area (TPSA) is 56.3 Å². The summed E-state index contributed by atoms with van der Waals surface area (Å²) >= 11 is 0. The first-order chi connectivity index (χ1) is 19.1. The number of nitrogens with one attached hydrogen (secondary N) is 2. The first kappa shape index (κ1) is 26.3. The van der Waals surface area contributed by atoms with Gasteiger partial charge in [-0.3, -0.25) is 4.90 Å². The summed E-state index contributed by atoms with van der Waals surface area (Å²) in [5.41, 5.74) is 5.40. The summed E-state index contributed by atoms with van der Waals surface area (Å²) in [5.74, 6) is 2.66. The largest absolute Gasteiger partial charge is 0.362 e. The second-order valence-electron chi connectivity index (χ2n) is 12.0. The molecule has 2 heterocycles. The maximum Gasteiger partial charge on any atom is 0.225 e. The van der Waals surface area contributed by atoms with Crippen LogP contribution in [0.1, 0.15) is 67.0 Å². The Morgan fingerprint density at radius 3 is 2.08 bits per heavy atom. The summed E-state index contributed by atoms with van der Waals surface area (Å²) in [5, 5.41) is 7.62. The molecule has 0 radical (unpaired) electrons. The molecule has 3 aromatic rings. The van der Waals surface area contributed by atoms with Crippen LogP contribution in [0, 0.1) is 5.92 Å². The maximum absolute atomic E-state index is 4.94. The summed E-state index contributed by atoms with van der Waals surface area (Å²) in [6, 6.07) is 23.4. The molecule has 0 unspecified atom stereocenters. The van der Waals surface area contributed by atoms with Crippen molar-refractivity contribution in [2.45, 2.75) is 69.5 Å². The Hall–Kier alpha value is -2.96. The lowest BCUT2D eigenvalue weighted by Gasteiger charge is -2.45. The van der Waals surface area contributed by atoms with Crippen LogP contribution in [-0.2, 0) is 12.8 Å². The molecule has 1 aromatic heterocycles. The van der Waals surface area contributed by atoms with Gasteiger partial charge in [-0.05, 0) is 68.4 Å². The zero-order valence-electron chi connectivity index (χ0n) is 23.6. The Morgan fingerprint density at radius 2 is 1.44 bits per heavy atom. The number of anilines is 2. The van der Waals surface area contributed by atoms with Crippen LogP contribution < -0.4 is 15.5 Å². The van der Waals surface area contributed by atoms with Gasteiger partial charge in [0, 0.05) is 51.4 Å². The average molecular weight is 525 g/mol. The molecule has 3 aliphatic rings. The first-order valence-electron chi connectivity index (χ1n) is 15.0. The van der Waals surface area contributed by atoms with Crippen LogP contribution in [0.4, 0.5) is 11.8 Å². The van der Waals surface area contributed by atoms with Gasteiger partial charge in [-0.1, -0.05) is 60.7 Å². The quantitative estimate of drug-likeness (QED) is 0.388. The Balaban J connectivity index is 0.977. The Labute approximate surface area is 234 Å². The summed E-state index contributed by atoms with van der Waals surface area (Å²) in [7, 11) is 4.20. The normalized spacial score (nSPS) is 21.8. The van der Waals surface area contributed by atoms with E-state index in [1.807, 2.05) is 0 Å². The third kappa shape index (κ3) is 6.12. The molecule has 1 saturated carbocycles. The number of rotatable bonds is 9. The lowest BCUT2D eigenvalue weighted by molar-refractivity contribution is 0.0656. The van der Waals surface area contributed by atoms with Gasteiger partial charge in [0.15, 0.2) is 0 Å². The van der Waals surface area contributed by atoms with Gasteiger partial charge in [0.2, 0.25) is 5.95 Å². The Bertz CT molecular complexity index is 1160. The molecular formula is C33H44N6. The highest BCUT2D eigenvalue weighted by Crippen LogP contribution is 2.34. The maximum atomic E-state index is 4.94. The number of hydrogen-bond acceptors (Lipinski definition) is 6. The molecule has 0 bridgehead atoms. The molecule has 2 aliphatic carbocycles. The van der Waals surface area contributed by atoms with Crippen molar-refractivity contribution in [3.63, 3.8) is 0 Å². The van der Waals surface area contributed by atoms with E-state index < -0.39 is 0 Å². The van der Waals surface area contributed by atoms with E-state index in [0.717, 1.165) is 50.2 Å². The van der Waals surface area contributed by atoms with Crippen molar-refractivity contribution in [3.8, 4) is 0 Å². The molecule has 39 heavy (non-hydrogen) atoms. The molecule has 1 saturated heterocycles. The van der Waals surface area contributed by atoms with E-state index in [-0.39, 0.29) is 0 Å².